The Bertz CT molecular complexity index is 668. The number of hydrogen-bond donors (Lipinski definition) is 0. The third-order valence-electron chi connectivity index (χ3n) is 4.41. The van der Waals surface area contributed by atoms with Gasteiger partial charge in [-0.1, -0.05) is 44.2 Å². The average Bonchev–Trinajstić information content (AvgIpc) is 2.67. The molecule has 26 heavy (non-hydrogen) atoms. The van der Waals surface area contributed by atoms with Gasteiger partial charge in [0.25, 0.3) is 0 Å². The molecular formula is C23H30O3. The fourth-order valence-corrected chi connectivity index (χ4v) is 2.72. The molecule has 0 heterocycles. The SMILES string of the molecule is COc1cc(OC)cc(C(C)(C)/C=C\CCCCOc2ccccc2)c1. The maximum Gasteiger partial charge on any atom is 0.122 e. The van der Waals surface area contributed by atoms with E-state index in [1.54, 1.807) is 14.2 Å². The minimum Gasteiger partial charge on any atom is -0.497 e. The van der Waals surface area contributed by atoms with Crippen molar-refractivity contribution in [2.45, 2.75) is 38.5 Å². The first-order valence-electron chi connectivity index (χ1n) is 9.14. The summed E-state index contributed by atoms with van der Waals surface area (Å²) in [5, 5.41) is 0. The van der Waals surface area contributed by atoms with Gasteiger partial charge < -0.3 is 14.2 Å². The van der Waals surface area contributed by atoms with E-state index >= 15 is 0 Å². The van der Waals surface area contributed by atoms with Gasteiger partial charge in [0, 0.05) is 11.5 Å². The van der Waals surface area contributed by atoms with E-state index in [2.05, 4.69) is 38.1 Å². The maximum absolute atomic E-state index is 5.72. The molecule has 3 heteroatoms. The quantitative estimate of drug-likeness (QED) is 0.399. The summed E-state index contributed by atoms with van der Waals surface area (Å²) in [6, 6.07) is 16.0. The van der Waals surface area contributed by atoms with Gasteiger partial charge in [0.15, 0.2) is 0 Å². The van der Waals surface area contributed by atoms with Crippen molar-refractivity contribution in [2.75, 3.05) is 20.8 Å². The summed E-state index contributed by atoms with van der Waals surface area (Å²) >= 11 is 0. The van der Waals surface area contributed by atoms with Crippen LogP contribution in [0.4, 0.5) is 0 Å². The zero-order chi connectivity index (χ0) is 18.8. The number of unbranched alkanes of at least 4 members (excludes halogenated alkanes) is 2. The molecule has 140 valence electrons. The highest BCUT2D eigenvalue weighted by molar-refractivity contribution is 5.43. The van der Waals surface area contributed by atoms with Crippen LogP contribution in [0.1, 0.15) is 38.7 Å². The number of benzene rings is 2. The second-order valence-electron chi connectivity index (χ2n) is 6.88. The van der Waals surface area contributed by atoms with E-state index in [1.807, 2.05) is 36.4 Å². The third kappa shape index (κ3) is 6.14. The molecule has 0 atom stereocenters. The van der Waals surface area contributed by atoms with E-state index in [4.69, 9.17) is 14.2 Å². The molecule has 0 bridgehead atoms. The van der Waals surface area contributed by atoms with E-state index in [-0.39, 0.29) is 5.41 Å². The van der Waals surface area contributed by atoms with Crippen LogP contribution >= 0.6 is 0 Å². The van der Waals surface area contributed by atoms with E-state index in [1.165, 1.54) is 5.56 Å². The van der Waals surface area contributed by atoms with Gasteiger partial charge in [-0.15, -0.1) is 0 Å². The predicted octanol–water partition coefficient (Wildman–Crippen LogP) is 5.79. The van der Waals surface area contributed by atoms with E-state index < -0.39 is 0 Å². The fraction of sp³-hybridized carbons (Fsp3) is 0.391. The first-order chi connectivity index (χ1) is 12.5. The highest BCUT2D eigenvalue weighted by Gasteiger charge is 2.18. The molecule has 2 rings (SSSR count). The van der Waals surface area contributed by atoms with Crippen molar-refractivity contribution in [2.24, 2.45) is 0 Å². The van der Waals surface area contributed by atoms with E-state index in [0.29, 0.717) is 0 Å². The van der Waals surface area contributed by atoms with Gasteiger partial charge in [-0.2, -0.15) is 0 Å². The summed E-state index contributed by atoms with van der Waals surface area (Å²) in [7, 11) is 3.36. The summed E-state index contributed by atoms with van der Waals surface area (Å²) in [5.74, 6) is 2.58. The molecule has 0 saturated heterocycles. The van der Waals surface area contributed by atoms with Crippen LogP contribution in [0, 0.1) is 0 Å². The van der Waals surface area contributed by atoms with Crippen molar-refractivity contribution >= 4 is 0 Å². The Hall–Kier alpha value is -2.42. The molecular weight excluding hydrogens is 324 g/mol. The van der Waals surface area contributed by atoms with E-state index in [9.17, 15) is 0 Å². The van der Waals surface area contributed by atoms with Gasteiger partial charge in [0.05, 0.1) is 20.8 Å². The molecule has 2 aromatic rings. The Labute approximate surface area is 157 Å². The van der Waals surface area contributed by atoms with Gasteiger partial charge >= 0.3 is 0 Å². The Morgan fingerprint density at radius 1 is 0.846 bits per heavy atom. The minimum atomic E-state index is -0.0810. The van der Waals surface area contributed by atoms with E-state index in [0.717, 1.165) is 43.1 Å². The van der Waals surface area contributed by atoms with Crippen LogP contribution in [0.5, 0.6) is 17.2 Å². The molecule has 0 aliphatic heterocycles. The molecule has 0 aliphatic carbocycles. The Morgan fingerprint density at radius 2 is 1.50 bits per heavy atom. The van der Waals surface area contributed by atoms with Crippen LogP contribution in [0.3, 0.4) is 0 Å². The van der Waals surface area contributed by atoms with Gasteiger partial charge in [-0.3, -0.25) is 0 Å². The van der Waals surface area contributed by atoms with Crippen molar-refractivity contribution in [3.8, 4) is 17.2 Å². The highest BCUT2D eigenvalue weighted by Crippen LogP contribution is 2.32. The molecule has 0 unspecified atom stereocenters. The van der Waals surface area contributed by atoms with Crippen molar-refractivity contribution in [3.63, 3.8) is 0 Å². The molecule has 0 aromatic heterocycles. The number of allylic oxidation sites excluding steroid dienone is 2. The van der Waals surface area contributed by atoms with Crippen LogP contribution in [-0.2, 0) is 5.41 Å². The smallest absolute Gasteiger partial charge is 0.122 e. The largest absolute Gasteiger partial charge is 0.497 e. The van der Waals surface area contributed by atoms with Crippen LogP contribution < -0.4 is 14.2 Å². The van der Waals surface area contributed by atoms with Gasteiger partial charge in [-0.05, 0) is 49.1 Å². The molecule has 0 amide bonds. The summed E-state index contributed by atoms with van der Waals surface area (Å²) in [4.78, 5) is 0. The topological polar surface area (TPSA) is 27.7 Å². The number of ether oxygens (including phenoxy) is 3. The average molecular weight is 354 g/mol. The lowest BCUT2D eigenvalue weighted by Gasteiger charge is -2.22. The summed E-state index contributed by atoms with van der Waals surface area (Å²) in [5.41, 5.74) is 1.10. The fourth-order valence-electron chi connectivity index (χ4n) is 2.72. The monoisotopic (exact) mass is 354 g/mol. The van der Waals surface area contributed by atoms with Crippen molar-refractivity contribution in [3.05, 3.63) is 66.2 Å². The maximum atomic E-state index is 5.72. The zero-order valence-corrected chi connectivity index (χ0v) is 16.3. The summed E-state index contributed by atoms with van der Waals surface area (Å²) < 4.78 is 16.5. The normalized spacial score (nSPS) is 11.5. The van der Waals surface area contributed by atoms with Crippen molar-refractivity contribution in [1.82, 2.24) is 0 Å². The Morgan fingerprint density at radius 3 is 2.12 bits per heavy atom. The van der Waals surface area contributed by atoms with Crippen LogP contribution in [0.2, 0.25) is 0 Å². The number of rotatable bonds is 10. The van der Waals surface area contributed by atoms with Gasteiger partial charge in [0.2, 0.25) is 0 Å². The summed E-state index contributed by atoms with van der Waals surface area (Å²) in [6.07, 6.45) is 7.73. The molecule has 0 radical (unpaired) electrons. The lowest BCUT2D eigenvalue weighted by molar-refractivity contribution is 0.307. The number of para-hydroxylation sites is 1. The van der Waals surface area contributed by atoms with Crippen LogP contribution in [-0.4, -0.2) is 20.8 Å². The van der Waals surface area contributed by atoms with Crippen molar-refractivity contribution in [1.29, 1.82) is 0 Å². The molecule has 0 saturated carbocycles. The predicted molar refractivity (Wildman–Crippen MR) is 108 cm³/mol. The first kappa shape index (κ1) is 19.9. The molecule has 2 aromatic carbocycles. The zero-order valence-electron chi connectivity index (χ0n) is 16.3. The minimum absolute atomic E-state index is 0.0810. The lowest BCUT2D eigenvalue weighted by Crippen LogP contribution is -2.13. The number of hydrogen-bond acceptors (Lipinski definition) is 3. The Kier molecular flexibility index (Phi) is 7.58. The van der Waals surface area contributed by atoms with Gasteiger partial charge in [-0.25, -0.2) is 0 Å². The molecule has 0 spiro atoms. The van der Waals surface area contributed by atoms with Crippen LogP contribution in [0.15, 0.2) is 60.7 Å². The lowest BCUT2D eigenvalue weighted by atomic mass is 9.84. The standard InChI is InChI=1S/C23H30O3/c1-23(2,19-16-21(24-3)18-22(17-19)25-4)14-10-5-6-11-15-26-20-12-8-7-9-13-20/h7-10,12-14,16-18H,5-6,11,15H2,1-4H3/b14-10-. The van der Waals surface area contributed by atoms with Crippen LogP contribution in [0.25, 0.3) is 0 Å². The highest BCUT2D eigenvalue weighted by atomic mass is 16.5. The molecule has 0 fully saturated rings. The summed E-state index contributed by atoms with van der Waals surface area (Å²) in [6.45, 7) is 5.17. The van der Waals surface area contributed by atoms with Gasteiger partial charge in [0.1, 0.15) is 17.2 Å². The first-order valence-corrected chi connectivity index (χ1v) is 9.14. The molecule has 0 N–H and O–H groups in total. The third-order valence-corrected chi connectivity index (χ3v) is 4.41. The second-order valence-corrected chi connectivity index (χ2v) is 6.88. The number of methoxy groups -OCH3 is 2. The Balaban J connectivity index is 1.81. The molecule has 3 nitrogen and oxygen atoms in total. The molecule has 0 aliphatic rings. The van der Waals surface area contributed by atoms with Crippen molar-refractivity contribution < 1.29 is 14.2 Å². The second kappa shape index (κ2) is 9.91.